The first-order valence-corrected chi connectivity index (χ1v) is 7.05. The number of benzene rings is 1. The van der Waals surface area contributed by atoms with Gasteiger partial charge >= 0.3 is 6.18 Å². The Balaban J connectivity index is 2.13. The van der Waals surface area contributed by atoms with Crippen molar-refractivity contribution in [3.05, 3.63) is 33.8 Å². The van der Waals surface area contributed by atoms with Crippen molar-refractivity contribution < 1.29 is 18.0 Å². The Morgan fingerprint density at radius 3 is 2.75 bits per heavy atom. The van der Waals surface area contributed by atoms with Crippen LogP contribution in [0, 0.1) is 0 Å². The second-order valence-electron chi connectivity index (χ2n) is 4.71. The van der Waals surface area contributed by atoms with Crippen LogP contribution >= 0.6 is 15.9 Å². The summed E-state index contributed by atoms with van der Waals surface area (Å²) in [7, 11) is 0. The molecule has 1 aliphatic heterocycles. The van der Waals surface area contributed by atoms with E-state index in [1.165, 1.54) is 12.1 Å². The number of piperidine rings is 1. The molecule has 0 bridgehead atoms. The minimum Gasteiger partial charge on any atom is -0.348 e. The Labute approximate surface area is 123 Å². The molecular formula is C13H14BrF3N2O. The average Bonchev–Trinajstić information content (AvgIpc) is 2.39. The Morgan fingerprint density at radius 1 is 1.40 bits per heavy atom. The van der Waals surface area contributed by atoms with E-state index in [2.05, 4.69) is 26.6 Å². The van der Waals surface area contributed by atoms with Gasteiger partial charge in [-0.2, -0.15) is 13.2 Å². The van der Waals surface area contributed by atoms with E-state index < -0.39 is 17.6 Å². The molecule has 7 heteroatoms. The summed E-state index contributed by atoms with van der Waals surface area (Å²) < 4.78 is 38.3. The Bertz CT molecular complexity index is 499. The van der Waals surface area contributed by atoms with Crippen molar-refractivity contribution in [2.75, 3.05) is 13.1 Å². The van der Waals surface area contributed by atoms with Crippen LogP contribution in [0.25, 0.3) is 0 Å². The van der Waals surface area contributed by atoms with E-state index in [1.807, 2.05) is 0 Å². The molecule has 0 spiro atoms. The van der Waals surface area contributed by atoms with Gasteiger partial charge in [-0.3, -0.25) is 4.79 Å². The first-order valence-electron chi connectivity index (χ1n) is 6.26. The van der Waals surface area contributed by atoms with Crippen LogP contribution in [0.5, 0.6) is 0 Å². The lowest BCUT2D eigenvalue weighted by atomic mass is 10.1. The van der Waals surface area contributed by atoms with E-state index in [0.29, 0.717) is 6.54 Å². The highest BCUT2D eigenvalue weighted by Gasteiger charge is 2.33. The maximum atomic E-state index is 12.8. The molecule has 2 N–H and O–H groups in total. The number of carbonyl (C=O) groups is 1. The van der Waals surface area contributed by atoms with Gasteiger partial charge in [-0.15, -0.1) is 0 Å². The van der Waals surface area contributed by atoms with E-state index in [1.54, 1.807) is 0 Å². The second kappa shape index (κ2) is 6.13. The van der Waals surface area contributed by atoms with Gasteiger partial charge in [0.25, 0.3) is 5.91 Å². The number of hydrogen-bond donors (Lipinski definition) is 2. The fourth-order valence-electron chi connectivity index (χ4n) is 2.13. The summed E-state index contributed by atoms with van der Waals surface area (Å²) in [6, 6.07) is 3.46. The molecule has 0 aromatic heterocycles. The number of hydrogen-bond acceptors (Lipinski definition) is 2. The summed E-state index contributed by atoms with van der Waals surface area (Å²) >= 11 is 2.85. The third kappa shape index (κ3) is 3.73. The van der Waals surface area contributed by atoms with Gasteiger partial charge in [-0.25, -0.2) is 0 Å². The Kier molecular flexibility index (Phi) is 4.70. The molecular weight excluding hydrogens is 337 g/mol. The minimum atomic E-state index is -4.48. The molecule has 0 radical (unpaired) electrons. The highest BCUT2D eigenvalue weighted by molar-refractivity contribution is 9.10. The summed E-state index contributed by atoms with van der Waals surface area (Å²) in [6.07, 6.45) is -2.71. The summed E-state index contributed by atoms with van der Waals surface area (Å²) in [6.45, 7) is 1.55. The molecule has 1 aliphatic rings. The van der Waals surface area contributed by atoms with Crippen molar-refractivity contribution in [1.29, 1.82) is 0 Å². The molecule has 0 aliphatic carbocycles. The van der Waals surface area contributed by atoms with E-state index in [9.17, 15) is 18.0 Å². The molecule has 1 atom stereocenters. The lowest BCUT2D eigenvalue weighted by Crippen LogP contribution is -2.45. The van der Waals surface area contributed by atoms with Crippen molar-refractivity contribution >= 4 is 21.8 Å². The van der Waals surface area contributed by atoms with E-state index in [4.69, 9.17) is 0 Å². The van der Waals surface area contributed by atoms with Crippen molar-refractivity contribution in [2.45, 2.75) is 25.1 Å². The lowest BCUT2D eigenvalue weighted by molar-refractivity contribution is -0.138. The van der Waals surface area contributed by atoms with Gasteiger partial charge in [-0.1, -0.05) is 15.9 Å². The van der Waals surface area contributed by atoms with Crippen LogP contribution in [0.1, 0.15) is 28.8 Å². The molecule has 110 valence electrons. The zero-order valence-electron chi connectivity index (χ0n) is 10.6. The molecule has 2 rings (SSSR count). The van der Waals surface area contributed by atoms with Gasteiger partial charge in [0.2, 0.25) is 0 Å². The standard InChI is InChI=1S/C13H14BrF3N2O/c14-11-4-3-8(6-10(11)13(15,16)17)12(20)19-9-2-1-5-18-7-9/h3-4,6,9,18H,1-2,5,7H2,(H,19,20)/t9-/m1/s1. The maximum absolute atomic E-state index is 12.8. The quantitative estimate of drug-likeness (QED) is 0.860. The number of amides is 1. The number of halogens is 4. The third-order valence-corrected chi connectivity index (χ3v) is 3.86. The smallest absolute Gasteiger partial charge is 0.348 e. The van der Waals surface area contributed by atoms with Crippen molar-refractivity contribution in [1.82, 2.24) is 10.6 Å². The predicted octanol–water partition coefficient (Wildman–Crippen LogP) is 2.95. The fourth-order valence-corrected chi connectivity index (χ4v) is 2.60. The average molecular weight is 351 g/mol. The third-order valence-electron chi connectivity index (χ3n) is 3.17. The van der Waals surface area contributed by atoms with Gasteiger partial charge in [0.05, 0.1) is 5.56 Å². The van der Waals surface area contributed by atoms with Crippen LogP contribution in [0.3, 0.4) is 0 Å². The molecule has 1 saturated heterocycles. The number of carbonyl (C=O) groups excluding carboxylic acids is 1. The van der Waals surface area contributed by atoms with Gasteiger partial charge in [0.1, 0.15) is 0 Å². The summed E-state index contributed by atoms with van der Waals surface area (Å²) in [5.74, 6) is -0.475. The first-order chi connectivity index (χ1) is 9.38. The summed E-state index contributed by atoms with van der Waals surface area (Å²) in [5, 5.41) is 5.88. The number of nitrogens with one attached hydrogen (secondary N) is 2. The second-order valence-corrected chi connectivity index (χ2v) is 5.56. The topological polar surface area (TPSA) is 41.1 Å². The molecule has 1 amide bonds. The minimum absolute atomic E-state index is 0.0195. The molecule has 0 unspecified atom stereocenters. The Morgan fingerprint density at radius 2 is 2.15 bits per heavy atom. The van der Waals surface area contributed by atoms with Crippen LogP contribution in [0.2, 0.25) is 0 Å². The SMILES string of the molecule is O=C(N[C@@H]1CCCNC1)c1ccc(Br)c(C(F)(F)F)c1. The van der Waals surface area contributed by atoms with E-state index in [-0.39, 0.29) is 16.1 Å². The Hall–Kier alpha value is -1.08. The molecule has 0 saturated carbocycles. The first kappa shape index (κ1) is 15.3. The monoisotopic (exact) mass is 350 g/mol. The molecule has 1 fully saturated rings. The van der Waals surface area contributed by atoms with Gasteiger partial charge in [0.15, 0.2) is 0 Å². The van der Waals surface area contributed by atoms with Crippen LogP contribution in [-0.2, 0) is 6.18 Å². The predicted molar refractivity (Wildman–Crippen MR) is 72.5 cm³/mol. The van der Waals surface area contributed by atoms with Gasteiger partial charge < -0.3 is 10.6 Å². The van der Waals surface area contributed by atoms with E-state index in [0.717, 1.165) is 25.5 Å². The number of alkyl halides is 3. The normalized spacial score (nSPS) is 19.7. The largest absolute Gasteiger partial charge is 0.417 e. The number of rotatable bonds is 2. The van der Waals surface area contributed by atoms with E-state index >= 15 is 0 Å². The lowest BCUT2D eigenvalue weighted by Gasteiger charge is -2.24. The zero-order valence-corrected chi connectivity index (χ0v) is 12.1. The van der Waals surface area contributed by atoms with Gasteiger partial charge in [0, 0.05) is 22.6 Å². The van der Waals surface area contributed by atoms with Crippen molar-refractivity contribution in [3.63, 3.8) is 0 Å². The van der Waals surface area contributed by atoms with Crippen LogP contribution in [-0.4, -0.2) is 25.0 Å². The highest BCUT2D eigenvalue weighted by Crippen LogP contribution is 2.35. The zero-order chi connectivity index (χ0) is 14.8. The molecule has 3 nitrogen and oxygen atoms in total. The summed E-state index contributed by atoms with van der Waals surface area (Å²) in [4.78, 5) is 12.0. The van der Waals surface area contributed by atoms with Crippen LogP contribution in [0.4, 0.5) is 13.2 Å². The fraction of sp³-hybridized carbons (Fsp3) is 0.462. The highest BCUT2D eigenvalue weighted by atomic mass is 79.9. The maximum Gasteiger partial charge on any atom is 0.417 e. The molecule has 1 aromatic carbocycles. The molecule has 20 heavy (non-hydrogen) atoms. The molecule has 1 heterocycles. The van der Waals surface area contributed by atoms with Gasteiger partial charge in [-0.05, 0) is 37.6 Å². The van der Waals surface area contributed by atoms with Crippen LogP contribution < -0.4 is 10.6 Å². The summed E-state index contributed by atoms with van der Waals surface area (Å²) in [5.41, 5.74) is -0.821. The van der Waals surface area contributed by atoms with Crippen LogP contribution in [0.15, 0.2) is 22.7 Å². The van der Waals surface area contributed by atoms with Crippen molar-refractivity contribution in [3.8, 4) is 0 Å². The van der Waals surface area contributed by atoms with Crippen molar-refractivity contribution in [2.24, 2.45) is 0 Å². The molecule has 1 aromatic rings.